The van der Waals surface area contributed by atoms with Crippen LogP contribution in [0.4, 0.5) is 13.2 Å². The third-order valence-corrected chi connectivity index (χ3v) is 7.22. The Labute approximate surface area is 190 Å². The number of hydrogen-bond acceptors (Lipinski definition) is 5. The molecule has 0 spiro atoms. The van der Waals surface area contributed by atoms with E-state index in [9.17, 15) is 18.0 Å². The van der Waals surface area contributed by atoms with Gasteiger partial charge in [0.05, 0.1) is 0 Å². The van der Waals surface area contributed by atoms with Crippen LogP contribution in [0.25, 0.3) is 0 Å². The van der Waals surface area contributed by atoms with Crippen molar-refractivity contribution in [1.82, 2.24) is 15.2 Å². The van der Waals surface area contributed by atoms with E-state index in [1.165, 1.54) is 24.8 Å². The average molecular weight is 470 g/mol. The van der Waals surface area contributed by atoms with Crippen LogP contribution in [0.2, 0.25) is 0 Å². The highest BCUT2D eigenvalue weighted by Crippen LogP contribution is 2.37. The first kappa shape index (κ1) is 24.4. The van der Waals surface area contributed by atoms with Crippen molar-refractivity contribution in [3.8, 4) is 0 Å². The van der Waals surface area contributed by atoms with Crippen molar-refractivity contribution in [2.24, 2.45) is 10.7 Å². The van der Waals surface area contributed by atoms with Gasteiger partial charge in [-0.25, -0.2) is 9.98 Å². The van der Waals surface area contributed by atoms with Gasteiger partial charge in [0.2, 0.25) is 0 Å². The molecule has 2 heterocycles. The standard InChI is InChI=1S/C22H30F3N5OS/c1-2-3-12-27-18(26)20-29-17(22(23,24)25)16(32-20)19(31)28-15-21(10-6-4-7-11-21)30-13-8-5-9-14-30/h2-3,12H,1,4-11,13-15H2,(H2,26,27)(H,28,31)/b12-3-. The molecule has 176 valence electrons. The molecule has 0 bridgehead atoms. The van der Waals surface area contributed by atoms with E-state index in [2.05, 4.69) is 26.8 Å². The van der Waals surface area contributed by atoms with Crippen molar-refractivity contribution in [2.75, 3.05) is 19.6 Å². The van der Waals surface area contributed by atoms with Crippen molar-refractivity contribution in [1.29, 1.82) is 0 Å². The van der Waals surface area contributed by atoms with E-state index >= 15 is 0 Å². The highest BCUT2D eigenvalue weighted by molar-refractivity contribution is 7.15. The minimum absolute atomic E-state index is 0.139. The molecule has 2 fully saturated rings. The summed E-state index contributed by atoms with van der Waals surface area (Å²) in [5.41, 5.74) is 4.37. The van der Waals surface area contributed by atoms with Gasteiger partial charge in [0.15, 0.2) is 16.5 Å². The van der Waals surface area contributed by atoms with Crippen LogP contribution >= 0.6 is 11.3 Å². The lowest BCUT2D eigenvalue weighted by molar-refractivity contribution is -0.141. The van der Waals surface area contributed by atoms with Crippen LogP contribution in [0.3, 0.4) is 0 Å². The third kappa shape index (κ3) is 5.78. The van der Waals surface area contributed by atoms with Crippen LogP contribution in [0.15, 0.2) is 29.9 Å². The predicted octanol–water partition coefficient (Wildman–Crippen LogP) is 4.49. The Bertz CT molecular complexity index is 865. The number of rotatable bonds is 7. The van der Waals surface area contributed by atoms with E-state index in [0.717, 1.165) is 58.0 Å². The first-order valence-electron chi connectivity index (χ1n) is 11.0. The first-order chi connectivity index (χ1) is 15.3. The minimum atomic E-state index is -4.77. The fourth-order valence-electron chi connectivity index (χ4n) is 4.52. The minimum Gasteiger partial charge on any atom is -0.381 e. The van der Waals surface area contributed by atoms with Gasteiger partial charge in [0.1, 0.15) is 4.88 Å². The fraction of sp³-hybridized carbons (Fsp3) is 0.591. The molecular formula is C22H30F3N5OS. The summed E-state index contributed by atoms with van der Waals surface area (Å²) in [6.45, 7) is 5.77. The monoisotopic (exact) mass is 469 g/mol. The van der Waals surface area contributed by atoms with Crippen LogP contribution in [0.5, 0.6) is 0 Å². The zero-order chi connectivity index (χ0) is 23.2. The first-order valence-corrected chi connectivity index (χ1v) is 11.8. The highest BCUT2D eigenvalue weighted by Gasteiger charge is 2.42. The van der Waals surface area contributed by atoms with Gasteiger partial charge >= 0.3 is 6.18 Å². The molecule has 1 aliphatic heterocycles. The topological polar surface area (TPSA) is 83.6 Å². The quantitative estimate of drug-likeness (QED) is 0.350. The number of hydrogen-bond donors (Lipinski definition) is 2. The molecule has 0 aromatic carbocycles. The molecule has 1 aromatic rings. The van der Waals surface area contributed by atoms with Crippen LogP contribution in [-0.2, 0) is 6.18 Å². The zero-order valence-corrected chi connectivity index (χ0v) is 18.9. The normalized spacial score (nSPS) is 20.4. The number of nitrogens with zero attached hydrogens (tertiary/aromatic N) is 3. The molecule has 1 amide bonds. The van der Waals surface area contributed by atoms with Gasteiger partial charge in [-0.15, -0.1) is 11.3 Å². The second-order valence-corrected chi connectivity index (χ2v) is 9.30. The Hall–Kier alpha value is -2.20. The lowest BCUT2D eigenvalue weighted by Crippen LogP contribution is -2.58. The van der Waals surface area contributed by atoms with E-state index in [1.54, 1.807) is 0 Å². The molecule has 1 aliphatic carbocycles. The van der Waals surface area contributed by atoms with Crippen molar-refractivity contribution in [2.45, 2.75) is 63.1 Å². The van der Waals surface area contributed by atoms with Gasteiger partial charge in [0.25, 0.3) is 5.91 Å². The number of thiazole rings is 1. The van der Waals surface area contributed by atoms with Crippen molar-refractivity contribution < 1.29 is 18.0 Å². The third-order valence-electron chi connectivity index (χ3n) is 6.15. The summed E-state index contributed by atoms with van der Waals surface area (Å²) in [5.74, 6) is -0.952. The molecule has 1 saturated heterocycles. The number of amidine groups is 1. The Morgan fingerprint density at radius 2 is 1.88 bits per heavy atom. The Balaban J connectivity index is 1.81. The second-order valence-electron chi connectivity index (χ2n) is 8.30. The molecule has 6 nitrogen and oxygen atoms in total. The molecule has 0 atom stereocenters. The van der Waals surface area contributed by atoms with E-state index in [1.807, 2.05) is 0 Å². The number of carbonyl (C=O) groups is 1. The van der Waals surface area contributed by atoms with Gasteiger partial charge in [-0.3, -0.25) is 9.69 Å². The van der Waals surface area contributed by atoms with E-state index in [-0.39, 0.29) is 16.4 Å². The zero-order valence-electron chi connectivity index (χ0n) is 18.1. The summed E-state index contributed by atoms with van der Waals surface area (Å²) in [4.78, 5) is 22.3. The smallest absolute Gasteiger partial charge is 0.381 e. The number of aliphatic imine (C=N–C) groups is 1. The molecule has 10 heteroatoms. The average Bonchev–Trinajstić information content (AvgIpc) is 3.25. The molecule has 1 aromatic heterocycles. The number of aromatic nitrogens is 1. The lowest BCUT2D eigenvalue weighted by atomic mass is 9.79. The number of allylic oxidation sites excluding steroid dienone is 2. The molecule has 0 radical (unpaired) electrons. The predicted molar refractivity (Wildman–Crippen MR) is 121 cm³/mol. The number of amides is 1. The molecule has 3 N–H and O–H groups in total. The summed E-state index contributed by atoms with van der Waals surface area (Å²) < 4.78 is 40.8. The van der Waals surface area contributed by atoms with Gasteiger partial charge in [-0.2, -0.15) is 13.2 Å². The Morgan fingerprint density at radius 1 is 1.22 bits per heavy atom. The maximum absolute atomic E-state index is 13.6. The maximum Gasteiger partial charge on any atom is 0.435 e. The molecular weight excluding hydrogens is 439 g/mol. The van der Waals surface area contributed by atoms with E-state index in [0.29, 0.717) is 17.9 Å². The number of nitrogens with two attached hydrogens (primary N) is 1. The van der Waals surface area contributed by atoms with Crippen molar-refractivity contribution in [3.05, 3.63) is 40.5 Å². The number of piperidine rings is 1. The summed E-state index contributed by atoms with van der Waals surface area (Å²) in [5, 5.41) is 2.67. The van der Waals surface area contributed by atoms with Crippen LogP contribution in [-0.4, -0.2) is 46.8 Å². The van der Waals surface area contributed by atoms with Crippen LogP contribution < -0.4 is 11.1 Å². The van der Waals surface area contributed by atoms with Crippen LogP contribution in [0, 0.1) is 0 Å². The highest BCUT2D eigenvalue weighted by atomic mass is 32.1. The SMILES string of the molecule is C=C/C=C\N=C(/N)c1nc(C(F)(F)F)c(C(=O)NCC2(N3CCCCC3)CCCCC2)s1. The van der Waals surface area contributed by atoms with Gasteiger partial charge in [0, 0.05) is 18.3 Å². The lowest BCUT2D eigenvalue weighted by Gasteiger charge is -2.48. The maximum atomic E-state index is 13.6. The van der Waals surface area contributed by atoms with Crippen molar-refractivity contribution >= 4 is 23.1 Å². The second kappa shape index (κ2) is 10.6. The van der Waals surface area contributed by atoms with Crippen LogP contribution in [0.1, 0.15) is 71.7 Å². The largest absolute Gasteiger partial charge is 0.435 e. The summed E-state index contributed by atoms with van der Waals surface area (Å²) in [6.07, 6.45) is 8.09. The van der Waals surface area contributed by atoms with Gasteiger partial charge in [-0.1, -0.05) is 38.3 Å². The molecule has 32 heavy (non-hydrogen) atoms. The molecule has 1 saturated carbocycles. The fourth-order valence-corrected chi connectivity index (χ4v) is 5.43. The van der Waals surface area contributed by atoms with Gasteiger partial charge < -0.3 is 11.1 Å². The summed E-state index contributed by atoms with van der Waals surface area (Å²) in [6, 6.07) is 0. The Kier molecular flexibility index (Phi) is 8.10. The number of halogens is 3. The summed E-state index contributed by atoms with van der Waals surface area (Å²) >= 11 is 0.609. The number of carbonyl (C=O) groups excluding carboxylic acids is 1. The molecule has 3 rings (SSSR count). The van der Waals surface area contributed by atoms with E-state index < -0.39 is 22.7 Å². The van der Waals surface area contributed by atoms with E-state index in [4.69, 9.17) is 5.73 Å². The molecule has 2 aliphatic rings. The van der Waals surface area contributed by atoms with Crippen molar-refractivity contribution in [3.63, 3.8) is 0 Å². The summed E-state index contributed by atoms with van der Waals surface area (Å²) in [7, 11) is 0. The number of likely N-dealkylation sites (tertiary alicyclic amines) is 1. The van der Waals surface area contributed by atoms with Gasteiger partial charge in [-0.05, 0) is 44.8 Å². The number of alkyl halides is 3. The molecule has 0 unspecified atom stereocenters. The Morgan fingerprint density at radius 3 is 2.50 bits per heavy atom. The number of nitrogens with one attached hydrogen (secondary N) is 1.